The van der Waals surface area contributed by atoms with Crippen LogP contribution in [-0.4, -0.2) is 41.6 Å². The van der Waals surface area contributed by atoms with Crippen molar-refractivity contribution in [3.05, 3.63) is 27.8 Å². The van der Waals surface area contributed by atoms with E-state index in [4.69, 9.17) is 27.9 Å². The number of nitrogens with zero attached hydrogens (tertiary/aromatic N) is 2. The third kappa shape index (κ3) is 2.74. The molecule has 1 atom stereocenters. The Labute approximate surface area is 114 Å². The predicted molar refractivity (Wildman–Crippen MR) is 65.5 cm³/mol. The van der Waals surface area contributed by atoms with E-state index in [0.717, 1.165) is 6.07 Å². The van der Waals surface area contributed by atoms with Crippen LogP contribution in [0.4, 0.5) is 4.39 Å². The normalized spacial score (nSPS) is 20.0. The number of carbonyl (C=O) groups is 1. The third-order valence-electron chi connectivity index (χ3n) is 2.65. The molecule has 1 aromatic rings. The fourth-order valence-corrected chi connectivity index (χ4v) is 2.17. The van der Waals surface area contributed by atoms with Gasteiger partial charge in [-0.25, -0.2) is 9.37 Å². The number of hydrogen-bond acceptors (Lipinski definition) is 3. The molecule has 0 bridgehead atoms. The van der Waals surface area contributed by atoms with E-state index in [1.165, 1.54) is 0 Å². The summed E-state index contributed by atoms with van der Waals surface area (Å²) < 4.78 is 18.6. The van der Waals surface area contributed by atoms with Crippen molar-refractivity contribution in [3.8, 4) is 0 Å². The van der Waals surface area contributed by atoms with E-state index in [1.54, 1.807) is 4.90 Å². The van der Waals surface area contributed by atoms with E-state index in [1.807, 2.05) is 6.92 Å². The molecule has 4 nitrogen and oxygen atoms in total. The van der Waals surface area contributed by atoms with Gasteiger partial charge in [0.05, 0.1) is 18.3 Å². The summed E-state index contributed by atoms with van der Waals surface area (Å²) in [6, 6.07) is 1.01. The minimum Gasteiger partial charge on any atom is -0.375 e. The fourth-order valence-electron chi connectivity index (χ4n) is 1.77. The Balaban J connectivity index is 2.25. The summed E-state index contributed by atoms with van der Waals surface area (Å²) in [5.74, 6) is -1.12. The number of ether oxygens (including phenoxy) is 1. The number of morpholine rings is 1. The van der Waals surface area contributed by atoms with Crippen molar-refractivity contribution >= 4 is 29.1 Å². The first kappa shape index (κ1) is 13.5. The maximum absolute atomic E-state index is 13.3. The summed E-state index contributed by atoms with van der Waals surface area (Å²) in [4.78, 5) is 17.3. The van der Waals surface area contributed by atoms with Gasteiger partial charge in [-0.3, -0.25) is 4.79 Å². The van der Waals surface area contributed by atoms with Crippen molar-refractivity contribution in [3.63, 3.8) is 0 Å². The maximum atomic E-state index is 13.3. The summed E-state index contributed by atoms with van der Waals surface area (Å²) >= 11 is 11.3. The van der Waals surface area contributed by atoms with E-state index in [0.29, 0.717) is 19.7 Å². The summed E-state index contributed by atoms with van der Waals surface area (Å²) in [6.45, 7) is 3.21. The van der Waals surface area contributed by atoms with Gasteiger partial charge in [-0.1, -0.05) is 23.2 Å². The van der Waals surface area contributed by atoms with Crippen LogP contribution in [0.15, 0.2) is 6.07 Å². The molecule has 0 N–H and O–H groups in total. The summed E-state index contributed by atoms with van der Waals surface area (Å²) in [5, 5.41) is -0.433. The van der Waals surface area contributed by atoms with E-state index >= 15 is 0 Å². The van der Waals surface area contributed by atoms with Crippen LogP contribution in [0.5, 0.6) is 0 Å². The lowest BCUT2D eigenvalue weighted by atomic mass is 10.2. The molecule has 0 spiro atoms. The highest BCUT2D eigenvalue weighted by Crippen LogP contribution is 2.22. The molecule has 0 unspecified atom stereocenters. The topological polar surface area (TPSA) is 42.4 Å². The van der Waals surface area contributed by atoms with Gasteiger partial charge in [-0.15, -0.1) is 0 Å². The van der Waals surface area contributed by atoms with Crippen molar-refractivity contribution in [1.82, 2.24) is 9.88 Å². The standard InChI is InChI=1S/C11H11Cl2FN2O2/c1-6-5-16(2-3-18-6)11(17)7-4-8(14)10(13)15-9(7)12/h4,6H,2-3,5H2,1H3/t6-/m0/s1. The lowest BCUT2D eigenvalue weighted by molar-refractivity contribution is -0.0124. The van der Waals surface area contributed by atoms with Crippen LogP contribution in [0, 0.1) is 5.82 Å². The zero-order chi connectivity index (χ0) is 13.3. The molecule has 1 aliphatic heterocycles. The van der Waals surface area contributed by atoms with Crippen LogP contribution in [0.25, 0.3) is 0 Å². The molecule has 2 rings (SSSR count). The molecule has 0 aromatic carbocycles. The highest BCUT2D eigenvalue weighted by molar-refractivity contribution is 6.34. The molecule has 1 amide bonds. The lowest BCUT2D eigenvalue weighted by Crippen LogP contribution is -2.44. The van der Waals surface area contributed by atoms with E-state index in [-0.39, 0.29) is 27.9 Å². The molecule has 98 valence electrons. The molecule has 0 radical (unpaired) electrons. The maximum Gasteiger partial charge on any atom is 0.257 e. The van der Waals surface area contributed by atoms with Crippen molar-refractivity contribution in [2.45, 2.75) is 13.0 Å². The second-order valence-electron chi connectivity index (χ2n) is 4.03. The van der Waals surface area contributed by atoms with Gasteiger partial charge >= 0.3 is 0 Å². The van der Waals surface area contributed by atoms with Crippen LogP contribution < -0.4 is 0 Å². The van der Waals surface area contributed by atoms with Gasteiger partial charge in [0, 0.05) is 13.1 Å². The minimum absolute atomic E-state index is 0.0210. The van der Waals surface area contributed by atoms with Gasteiger partial charge in [-0.2, -0.15) is 0 Å². The third-order valence-corrected chi connectivity index (χ3v) is 3.20. The number of hydrogen-bond donors (Lipinski definition) is 0. The first-order valence-corrected chi connectivity index (χ1v) is 6.17. The van der Waals surface area contributed by atoms with Crippen LogP contribution >= 0.6 is 23.2 Å². The first-order chi connectivity index (χ1) is 8.49. The number of carbonyl (C=O) groups excluding carboxylic acids is 1. The van der Waals surface area contributed by atoms with Crippen LogP contribution in [-0.2, 0) is 4.74 Å². The Morgan fingerprint density at radius 2 is 2.28 bits per heavy atom. The van der Waals surface area contributed by atoms with E-state index < -0.39 is 5.82 Å². The molecule has 1 saturated heterocycles. The average Bonchev–Trinajstić information content (AvgIpc) is 2.33. The number of aromatic nitrogens is 1. The molecule has 1 aliphatic rings. The summed E-state index contributed by atoms with van der Waals surface area (Å²) in [6.07, 6.45) is -0.0495. The molecular formula is C11H11Cl2FN2O2. The van der Waals surface area contributed by atoms with Gasteiger partial charge in [-0.05, 0) is 13.0 Å². The van der Waals surface area contributed by atoms with Crippen molar-refractivity contribution in [2.24, 2.45) is 0 Å². The zero-order valence-corrected chi connectivity index (χ0v) is 11.1. The zero-order valence-electron chi connectivity index (χ0n) is 9.62. The smallest absolute Gasteiger partial charge is 0.257 e. The highest BCUT2D eigenvalue weighted by Gasteiger charge is 2.25. The van der Waals surface area contributed by atoms with Gasteiger partial charge in [0.1, 0.15) is 5.15 Å². The number of rotatable bonds is 1. The van der Waals surface area contributed by atoms with Crippen LogP contribution in [0.1, 0.15) is 17.3 Å². The number of pyridine rings is 1. The SMILES string of the molecule is C[C@H]1CN(C(=O)c2cc(F)c(Cl)nc2Cl)CCO1. The van der Waals surface area contributed by atoms with Gasteiger partial charge in [0.2, 0.25) is 0 Å². The first-order valence-electron chi connectivity index (χ1n) is 5.41. The molecule has 0 aliphatic carbocycles. The van der Waals surface area contributed by atoms with Gasteiger partial charge in [0.15, 0.2) is 11.0 Å². The van der Waals surface area contributed by atoms with Crippen molar-refractivity contribution < 1.29 is 13.9 Å². The summed E-state index contributed by atoms with van der Waals surface area (Å²) in [5.41, 5.74) is 0.0210. The molecule has 2 heterocycles. The van der Waals surface area contributed by atoms with Gasteiger partial charge < -0.3 is 9.64 Å². The Bertz CT molecular complexity index is 484. The molecule has 1 aromatic heterocycles. The molecule has 0 saturated carbocycles. The number of halogens is 3. The van der Waals surface area contributed by atoms with E-state index in [9.17, 15) is 9.18 Å². The highest BCUT2D eigenvalue weighted by atomic mass is 35.5. The average molecular weight is 293 g/mol. The molecule has 7 heteroatoms. The summed E-state index contributed by atoms with van der Waals surface area (Å²) in [7, 11) is 0. The van der Waals surface area contributed by atoms with Crippen LogP contribution in [0.2, 0.25) is 10.3 Å². The Kier molecular flexibility index (Phi) is 4.04. The minimum atomic E-state index is -0.759. The second kappa shape index (κ2) is 5.38. The Morgan fingerprint density at radius 3 is 2.94 bits per heavy atom. The number of amides is 1. The Morgan fingerprint density at radius 1 is 1.56 bits per heavy atom. The molecule has 18 heavy (non-hydrogen) atoms. The largest absolute Gasteiger partial charge is 0.375 e. The van der Waals surface area contributed by atoms with Crippen LogP contribution in [0.3, 0.4) is 0 Å². The molecular weight excluding hydrogens is 282 g/mol. The predicted octanol–water partition coefficient (Wildman–Crippen LogP) is 2.39. The van der Waals surface area contributed by atoms with Crippen molar-refractivity contribution in [1.29, 1.82) is 0 Å². The van der Waals surface area contributed by atoms with E-state index in [2.05, 4.69) is 4.98 Å². The Hall–Kier alpha value is -0.910. The van der Waals surface area contributed by atoms with Gasteiger partial charge in [0.25, 0.3) is 5.91 Å². The quantitative estimate of drug-likeness (QED) is 0.747. The second-order valence-corrected chi connectivity index (χ2v) is 4.75. The van der Waals surface area contributed by atoms with Crippen molar-refractivity contribution in [2.75, 3.05) is 19.7 Å². The monoisotopic (exact) mass is 292 g/mol. The fraction of sp³-hybridized carbons (Fsp3) is 0.455. The lowest BCUT2D eigenvalue weighted by Gasteiger charge is -2.31. The molecule has 1 fully saturated rings.